The molecule has 0 heterocycles. The minimum Gasteiger partial charge on any atom is -0.409 e. The summed E-state index contributed by atoms with van der Waals surface area (Å²) in [6.07, 6.45) is 0. The number of oxime groups is 1. The summed E-state index contributed by atoms with van der Waals surface area (Å²) in [6.45, 7) is 3.93. The number of benzene rings is 1. The summed E-state index contributed by atoms with van der Waals surface area (Å²) in [7, 11) is 0. The maximum atomic E-state index is 14.2. The Balaban J connectivity index is 2.73. The molecule has 20 heavy (non-hydrogen) atoms. The van der Waals surface area contributed by atoms with E-state index in [1.54, 1.807) is 36.9 Å². The third-order valence-electron chi connectivity index (χ3n) is 3.22. The van der Waals surface area contributed by atoms with Crippen LogP contribution in [0.5, 0.6) is 0 Å². The molecule has 6 heteroatoms. The predicted octanol–water partition coefficient (Wildman–Crippen LogP) is 2.48. The van der Waals surface area contributed by atoms with Crippen LogP contribution < -0.4 is 5.73 Å². The maximum Gasteiger partial charge on any atom is 0.285 e. The molecule has 1 unspecified atom stereocenters. The first kappa shape index (κ1) is 16.4. The van der Waals surface area contributed by atoms with Crippen LogP contribution in [0.25, 0.3) is 0 Å². The Labute approximate surface area is 117 Å². The van der Waals surface area contributed by atoms with E-state index in [2.05, 4.69) is 5.16 Å². The molecule has 1 atom stereocenters. The highest BCUT2D eigenvalue weighted by atomic mass is 19.3. The molecule has 0 aliphatic carbocycles. The van der Waals surface area contributed by atoms with Gasteiger partial charge in [0.1, 0.15) is 5.84 Å². The summed E-state index contributed by atoms with van der Waals surface area (Å²) in [5.41, 5.74) is 5.48. The van der Waals surface area contributed by atoms with Crippen molar-refractivity contribution in [2.24, 2.45) is 16.8 Å². The van der Waals surface area contributed by atoms with Crippen LogP contribution in [0.2, 0.25) is 0 Å². The average molecular weight is 285 g/mol. The summed E-state index contributed by atoms with van der Waals surface area (Å²) in [5.74, 6) is -3.17. The number of rotatable bonds is 7. The zero-order valence-electron chi connectivity index (χ0n) is 11.8. The van der Waals surface area contributed by atoms with E-state index >= 15 is 0 Å². The van der Waals surface area contributed by atoms with Gasteiger partial charge in [0, 0.05) is 18.0 Å². The molecule has 0 saturated heterocycles. The first-order valence-corrected chi connectivity index (χ1v) is 6.53. The highest BCUT2D eigenvalue weighted by Crippen LogP contribution is 2.28. The SMILES string of the molecule is CCN(CC(C)/C(N)=N/O)CC(F)(F)c1ccccc1. The van der Waals surface area contributed by atoms with E-state index in [-0.39, 0.29) is 17.3 Å². The Morgan fingerprint density at radius 1 is 1.40 bits per heavy atom. The Bertz CT molecular complexity index is 437. The molecule has 4 nitrogen and oxygen atoms in total. The Kier molecular flexibility index (Phi) is 5.88. The Morgan fingerprint density at radius 2 is 2.00 bits per heavy atom. The van der Waals surface area contributed by atoms with Crippen molar-refractivity contribution < 1.29 is 14.0 Å². The molecular weight excluding hydrogens is 264 g/mol. The molecule has 0 amide bonds. The lowest BCUT2D eigenvalue weighted by Crippen LogP contribution is -2.40. The maximum absolute atomic E-state index is 14.2. The lowest BCUT2D eigenvalue weighted by atomic mass is 10.1. The van der Waals surface area contributed by atoms with Crippen molar-refractivity contribution in [1.82, 2.24) is 4.90 Å². The van der Waals surface area contributed by atoms with E-state index in [4.69, 9.17) is 10.9 Å². The number of amidine groups is 1. The van der Waals surface area contributed by atoms with E-state index in [9.17, 15) is 8.78 Å². The third-order valence-corrected chi connectivity index (χ3v) is 3.22. The second-order valence-electron chi connectivity index (χ2n) is 4.82. The van der Waals surface area contributed by atoms with E-state index in [1.807, 2.05) is 0 Å². The molecule has 0 bridgehead atoms. The van der Waals surface area contributed by atoms with Crippen LogP contribution >= 0.6 is 0 Å². The van der Waals surface area contributed by atoms with Gasteiger partial charge < -0.3 is 10.9 Å². The molecule has 0 radical (unpaired) electrons. The number of hydrogen-bond donors (Lipinski definition) is 2. The lowest BCUT2D eigenvalue weighted by molar-refractivity contribution is -0.0380. The average Bonchev–Trinajstić information content (AvgIpc) is 2.46. The minimum absolute atomic E-state index is 0.00472. The van der Waals surface area contributed by atoms with Crippen molar-refractivity contribution >= 4 is 5.84 Å². The topological polar surface area (TPSA) is 61.8 Å². The van der Waals surface area contributed by atoms with Gasteiger partial charge in [-0.15, -0.1) is 0 Å². The number of hydrogen-bond acceptors (Lipinski definition) is 3. The molecule has 0 fully saturated rings. The molecule has 0 aliphatic rings. The molecule has 0 aliphatic heterocycles. The van der Waals surface area contributed by atoms with Crippen molar-refractivity contribution in [2.45, 2.75) is 19.8 Å². The highest BCUT2D eigenvalue weighted by molar-refractivity contribution is 5.82. The number of halogens is 2. The zero-order valence-corrected chi connectivity index (χ0v) is 11.8. The minimum atomic E-state index is -2.93. The quantitative estimate of drug-likeness (QED) is 0.350. The fraction of sp³-hybridized carbons (Fsp3) is 0.500. The number of nitrogens with zero attached hydrogens (tertiary/aromatic N) is 2. The van der Waals surface area contributed by atoms with Crippen LogP contribution in [0.1, 0.15) is 19.4 Å². The van der Waals surface area contributed by atoms with Gasteiger partial charge in [-0.05, 0) is 6.54 Å². The second kappa shape index (κ2) is 7.19. The normalized spacial score (nSPS) is 14.6. The molecule has 1 aromatic carbocycles. The summed E-state index contributed by atoms with van der Waals surface area (Å²) in [6, 6.07) is 7.73. The summed E-state index contributed by atoms with van der Waals surface area (Å²) < 4.78 is 28.3. The number of likely N-dealkylation sites (N-methyl/N-ethyl adjacent to an activating group) is 1. The monoisotopic (exact) mass is 285 g/mol. The predicted molar refractivity (Wildman–Crippen MR) is 75.0 cm³/mol. The lowest BCUT2D eigenvalue weighted by Gasteiger charge is -2.28. The van der Waals surface area contributed by atoms with Gasteiger partial charge in [0.25, 0.3) is 5.92 Å². The highest BCUT2D eigenvalue weighted by Gasteiger charge is 2.33. The van der Waals surface area contributed by atoms with Gasteiger partial charge >= 0.3 is 0 Å². The first-order chi connectivity index (χ1) is 9.40. The second-order valence-corrected chi connectivity index (χ2v) is 4.82. The van der Waals surface area contributed by atoms with Crippen LogP contribution in [0.3, 0.4) is 0 Å². The van der Waals surface area contributed by atoms with E-state index in [1.165, 1.54) is 12.1 Å². The van der Waals surface area contributed by atoms with Crippen molar-refractivity contribution in [3.63, 3.8) is 0 Å². The number of nitrogens with two attached hydrogens (primary N) is 1. The number of alkyl halides is 2. The van der Waals surface area contributed by atoms with E-state index in [0.717, 1.165) is 0 Å². The Morgan fingerprint density at radius 3 is 2.50 bits per heavy atom. The smallest absolute Gasteiger partial charge is 0.285 e. The van der Waals surface area contributed by atoms with Gasteiger partial charge in [-0.2, -0.15) is 8.78 Å². The van der Waals surface area contributed by atoms with Gasteiger partial charge in [0.2, 0.25) is 0 Å². The van der Waals surface area contributed by atoms with Crippen molar-refractivity contribution in [2.75, 3.05) is 19.6 Å². The van der Waals surface area contributed by atoms with Gasteiger partial charge in [-0.25, -0.2) is 0 Å². The van der Waals surface area contributed by atoms with Crippen LogP contribution in [0, 0.1) is 5.92 Å². The molecule has 0 aromatic heterocycles. The zero-order chi connectivity index (χ0) is 15.2. The fourth-order valence-electron chi connectivity index (χ4n) is 1.94. The summed E-state index contributed by atoms with van der Waals surface area (Å²) >= 11 is 0. The van der Waals surface area contributed by atoms with Crippen LogP contribution in [-0.2, 0) is 5.92 Å². The molecular formula is C14H21F2N3O. The van der Waals surface area contributed by atoms with E-state index < -0.39 is 12.5 Å². The molecule has 1 aromatic rings. The molecule has 1 rings (SSSR count). The van der Waals surface area contributed by atoms with Crippen molar-refractivity contribution in [3.05, 3.63) is 35.9 Å². The van der Waals surface area contributed by atoms with Gasteiger partial charge in [0.15, 0.2) is 0 Å². The van der Waals surface area contributed by atoms with Crippen molar-refractivity contribution in [3.8, 4) is 0 Å². The van der Waals surface area contributed by atoms with Crippen LogP contribution in [0.15, 0.2) is 35.5 Å². The molecule has 112 valence electrons. The summed E-state index contributed by atoms with van der Waals surface area (Å²) in [4.78, 5) is 1.59. The largest absolute Gasteiger partial charge is 0.409 e. The summed E-state index contributed by atoms with van der Waals surface area (Å²) in [5, 5.41) is 11.5. The molecule has 0 spiro atoms. The molecule has 0 saturated carbocycles. The van der Waals surface area contributed by atoms with Crippen molar-refractivity contribution in [1.29, 1.82) is 0 Å². The standard InChI is InChI=1S/C14H21F2N3O/c1-3-19(9-11(2)13(17)18-20)10-14(15,16)12-7-5-4-6-8-12/h4-8,11,20H,3,9-10H2,1-2H3,(H2,17,18). The Hall–Kier alpha value is -1.69. The molecule has 3 N–H and O–H groups in total. The fourth-order valence-corrected chi connectivity index (χ4v) is 1.94. The first-order valence-electron chi connectivity index (χ1n) is 6.53. The van der Waals surface area contributed by atoms with Crippen LogP contribution in [0.4, 0.5) is 8.78 Å². The van der Waals surface area contributed by atoms with Gasteiger partial charge in [-0.3, -0.25) is 4.90 Å². The third kappa shape index (κ3) is 4.45. The van der Waals surface area contributed by atoms with E-state index in [0.29, 0.717) is 13.1 Å². The van der Waals surface area contributed by atoms with Crippen LogP contribution in [-0.4, -0.2) is 35.6 Å². The van der Waals surface area contributed by atoms with Gasteiger partial charge in [-0.1, -0.05) is 49.3 Å². The van der Waals surface area contributed by atoms with Gasteiger partial charge in [0.05, 0.1) is 6.54 Å².